The van der Waals surface area contributed by atoms with Crippen LogP contribution in [0, 0.1) is 0 Å². The third-order valence-electron chi connectivity index (χ3n) is 6.10. The summed E-state index contributed by atoms with van der Waals surface area (Å²) in [4.78, 5) is 15.6. The molecular formula is C24H25NO5S2. The summed E-state index contributed by atoms with van der Waals surface area (Å²) in [5.41, 5.74) is 2.28. The molecule has 2 aromatic carbocycles. The van der Waals surface area contributed by atoms with E-state index in [1.165, 1.54) is 36.3 Å². The molecule has 1 aliphatic rings. The molecule has 0 bridgehead atoms. The molecule has 0 atom stereocenters. The Kier molecular flexibility index (Phi) is 6.37. The number of aliphatic carboxylic acids is 1. The van der Waals surface area contributed by atoms with Crippen LogP contribution in [0.25, 0.3) is 10.4 Å². The molecule has 1 saturated heterocycles. The molecule has 3 aromatic rings. The molecule has 1 aromatic heterocycles. The Balaban J connectivity index is 1.47. The van der Waals surface area contributed by atoms with Crippen molar-refractivity contribution in [3.63, 3.8) is 0 Å². The van der Waals surface area contributed by atoms with Crippen LogP contribution in [0.2, 0.25) is 0 Å². The van der Waals surface area contributed by atoms with Gasteiger partial charge in [0.1, 0.15) is 5.75 Å². The van der Waals surface area contributed by atoms with Gasteiger partial charge >= 0.3 is 5.97 Å². The molecule has 168 valence electrons. The van der Waals surface area contributed by atoms with Gasteiger partial charge < -0.3 is 9.84 Å². The average Bonchev–Trinajstić information content (AvgIpc) is 3.35. The molecule has 0 saturated carbocycles. The van der Waals surface area contributed by atoms with E-state index in [0.29, 0.717) is 25.4 Å². The number of carbonyl (C=O) groups is 1. The van der Waals surface area contributed by atoms with Gasteiger partial charge in [-0.25, -0.2) is 8.42 Å². The molecule has 32 heavy (non-hydrogen) atoms. The molecule has 1 fully saturated rings. The van der Waals surface area contributed by atoms with Crippen LogP contribution in [0.4, 0.5) is 0 Å². The zero-order chi connectivity index (χ0) is 22.8. The summed E-state index contributed by atoms with van der Waals surface area (Å²) in [7, 11) is -2.56. The number of methoxy groups -OCH3 is 1. The lowest BCUT2D eigenvalue weighted by molar-refractivity contribution is -0.141. The van der Waals surface area contributed by atoms with Crippen molar-refractivity contribution in [1.29, 1.82) is 0 Å². The molecule has 2 heterocycles. The number of rotatable bonds is 7. The monoisotopic (exact) mass is 471 g/mol. The van der Waals surface area contributed by atoms with Crippen LogP contribution in [-0.2, 0) is 21.2 Å². The zero-order valence-electron chi connectivity index (χ0n) is 17.7. The van der Waals surface area contributed by atoms with Gasteiger partial charge in [-0.3, -0.25) is 9.69 Å². The second kappa shape index (κ2) is 9.05. The van der Waals surface area contributed by atoms with Crippen molar-refractivity contribution in [3.8, 4) is 16.2 Å². The van der Waals surface area contributed by atoms with Crippen LogP contribution >= 0.6 is 11.3 Å². The van der Waals surface area contributed by atoms with E-state index in [2.05, 4.69) is 35.2 Å². The summed E-state index contributed by atoms with van der Waals surface area (Å²) < 4.78 is 29.9. The van der Waals surface area contributed by atoms with Gasteiger partial charge in [0, 0.05) is 24.5 Å². The molecule has 1 N–H and O–H groups in total. The first kappa shape index (κ1) is 22.5. The number of likely N-dealkylation sites (tertiary alicyclic amines) is 1. The minimum atomic E-state index is -4.06. The maximum absolute atomic E-state index is 13.3. The predicted octanol–water partition coefficient (Wildman–Crippen LogP) is 4.32. The van der Waals surface area contributed by atoms with E-state index < -0.39 is 20.6 Å². The number of ether oxygens (including phenoxy) is 1. The van der Waals surface area contributed by atoms with E-state index in [9.17, 15) is 18.3 Å². The van der Waals surface area contributed by atoms with Gasteiger partial charge in [-0.1, -0.05) is 30.3 Å². The van der Waals surface area contributed by atoms with Crippen molar-refractivity contribution >= 4 is 27.1 Å². The maximum atomic E-state index is 13.3. The highest BCUT2D eigenvalue weighted by molar-refractivity contribution is 7.93. The molecule has 0 amide bonds. The van der Waals surface area contributed by atoms with Crippen molar-refractivity contribution in [3.05, 3.63) is 71.6 Å². The average molecular weight is 472 g/mol. The van der Waals surface area contributed by atoms with Crippen LogP contribution < -0.4 is 4.74 Å². The summed E-state index contributed by atoms with van der Waals surface area (Å²) in [5, 5.41) is 12.0. The predicted molar refractivity (Wildman–Crippen MR) is 125 cm³/mol. The van der Waals surface area contributed by atoms with Crippen molar-refractivity contribution < 1.29 is 23.1 Å². The Hall–Kier alpha value is -2.68. The van der Waals surface area contributed by atoms with Gasteiger partial charge in [0.05, 0.1) is 12.0 Å². The summed E-state index contributed by atoms with van der Waals surface area (Å²) in [5.74, 6) is -0.762. The first-order chi connectivity index (χ1) is 15.4. The molecule has 4 rings (SSSR count). The Morgan fingerprint density at radius 3 is 2.25 bits per heavy atom. The molecule has 0 unspecified atom stereocenters. The molecule has 0 radical (unpaired) electrons. The van der Waals surface area contributed by atoms with Crippen molar-refractivity contribution in [2.24, 2.45) is 0 Å². The van der Waals surface area contributed by atoms with Crippen LogP contribution in [-0.4, -0.2) is 49.3 Å². The number of benzene rings is 2. The second-order valence-corrected chi connectivity index (χ2v) is 11.1. The number of nitrogens with zero attached hydrogens (tertiary/aromatic N) is 1. The Morgan fingerprint density at radius 2 is 1.72 bits per heavy atom. The van der Waals surface area contributed by atoms with Gasteiger partial charge in [0.2, 0.25) is 0 Å². The molecule has 0 aliphatic carbocycles. The van der Waals surface area contributed by atoms with Crippen molar-refractivity contribution in [1.82, 2.24) is 4.90 Å². The van der Waals surface area contributed by atoms with Gasteiger partial charge in [0.25, 0.3) is 0 Å². The lowest BCUT2D eigenvalue weighted by atomic mass is 9.95. The van der Waals surface area contributed by atoms with E-state index in [1.54, 1.807) is 11.3 Å². The normalized spacial score (nSPS) is 16.5. The number of sulfone groups is 1. The van der Waals surface area contributed by atoms with Gasteiger partial charge in [0.15, 0.2) is 14.6 Å². The minimum Gasteiger partial charge on any atom is -0.497 e. The number of carboxylic acid groups (broad SMARTS) is 1. The smallest absolute Gasteiger partial charge is 0.325 e. The lowest BCUT2D eigenvalue weighted by Crippen LogP contribution is -2.54. The van der Waals surface area contributed by atoms with Crippen molar-refractivity contribution in [2.75, 3.05) is 20.2 Å². The quantitative estimate of drug-likeness (QED) is 0.553. The highest BCUT2D eigenvalue weighted by atomic mass is 32.2. The Labute approximate surface area is 192 Å². The zero-order valence-corrected chi connectivity index (χ0v) is 19.4. The number of carboxylic acids is 1. The van der Waals surface area contributed by atoms with Crippen molar-refractivity contribution in [2.45, 2.75) is 29.0 Å². The highest BCUT2D eigenvalue weighted by Gasteiger charge is 2.53. The molecule has 8 heteroatoms. The van der Waals surface area contributed by atoms with Crippen LogP contribution in [0.3, 0.4) is 0 Å². The topological polar surface area (TPSA) is 83.9 Å². The Bertz CT molecular complexity index is 1160. The lowest BCUT2D eigenvalue weighted by Gasteiger charge is -2.38. The van der Waals surface area contributed by atoms with Gasteiger partial charge in [-0.2, -0.15) is 0 Å². The minimum absolute atomic E-state index is 0.0123. The van der Waals surface area contributed by atoms with Crippen LogP contribution in [0.15, 0.2) is 70.9 Å². The molecule has 6 nitrogen and oxygen atoms in total. The standard InChI is InChI=1S/C24H25NO5S2/c1-30-20-8-10-21(11-9-20)32(28,29)24(23(26)27)12-14-25(15-13-24)17-18-4-6-19(7-5-18)22-3-2-16-31-22/h2-11,16H,12-15,17H2,1H3,(H,26,27). The van der Waals surface area contributed by atoms with E-state index in [0.717, 1.165) is 11.1 Å². The van der Waals surface area contributed by atoms with E-state index >= 15 is 0 Å². The number of piperidine rings is 1. The molecule has 0 spiro atoms. The summed E-state index contributed by atoms with van der Waals surface area (Å²) >= 11 is 1.69. The van der Waals surface area contributed by atoms with Gasteiger partial charge in [-0.05, 0) is 59.7 Å². The van der Waals surface area contributed by atoms with E-state index in [4.69, 9.17) is 4.74 Å². The number of hydrogen-bond donors (Lipinski definition) is 1. The molecule has 1 aliphatic heterocycles. The van der Waals surface area contributed by atoms with E-state index in [-0.39, 0.29) is 17.7 Å². The van der Waals surface area contributed by atoms with Crippen LogP contribution in [0.1, 0.15) is 18.4 Å². The molecular weight excluding hydrogens is 446 g/mol. The summed E-state index contributed by atoms with van der Waals surface area (Å²) in [6, 6.07) is 18.3. The largest absolute Gasteiger partial charge is 0.497 e. The Morgan fingerprint density at radius 1 is 1.06 bits per heavy atom. The fourth-order valence-electron chi connectivity index (χ4n) is 4.13. The third kappa shape index (κ3) is 4.18. The SMILES string of the molecule is COc1ccc(S(=O)(=O)C2(C(=O)O)CCN(Cc3ccc(-c4cccs4)cc3)CC2)cc1. The third-order valence-corrected chi connectivity index (χ3v) is 9.53. The highest BCUT2D eigenvalue weighted by Crippen LogP contribution is 2.37. The first-order valence-corrected chi connectivity index (χ1v) is 12.7. The van der Waals surface area contributed by atoms with Gasteiger partial charge in [-0.15, -0.1) is 11.3 Å². The second-order valence-electron chi connectivity index (χ2n) is 7.93. The number of hydrogen-bond acceptors (Lipinski definition) is 6. The summed E-state index contributed by atoms with van der Waals surface area (Å²) in [6.07, 6.45) is 0.0912. The summed E-state index contributed by atoms with van der Waals surface area (Å²) in [6.45, 7) is 1.45. The fraction of sp³-hybridized carbons (Fsp3) is 0.292. The van der Waals surface area contributed by atoms with Crippen LogP contribution in [0.5, 0.6) is 5.75 Å². The number of thiophene rings is 1. The first-order valence-electron chi connectivity index (χ1n) is 10.3. The maximum Gasteiger partial charge on any atom is 0.325 e. The van der Waals surface area contributed by atoms with E-state index in [1.807, 2.05) is 11.4 Å². The fourth-order valence-corrected chi connectivity index (χ4v) is 6.75.